The number of thioether (sulfide) groups is 1. The molecule has 4 aromatic rings. The molecule has 10 heteroatoms. The van der Waals surface area contributed by atoms with E-state index in [1.165, 1.54) is 11.8 Å². The maximum atomic E-state index is 12.4. The predicted octanol–water partition coefficient (Wildman–Crippen LogP) is 4.69. The molecule has 1 amide bonds. The first-order valence-electron chi connectivity index (χ1n) is 8.13. The molecule has 28 heavy (non-hydrogen) atoms. The predicted molar refractivity (Wildman–Crippen MR) is 109 cm³/mol. The van der Waals surface area contributed by atoms with Crippen LogP contribution in [0.25, 0.3) is 11.6 Å². The average Bonchev–Trinajstić information content (AvgIpc) is 3.43. The van der Waals surface area contributed by atoms with Gasteiger partial charge in [0.25, 0.3) is 0 Å². The van der Waals surface area contributed by atoms with E-state index in [9.17, 15) is 4.79 Å². The molecular formula is C18H13Cl2N5O2S. The molecule has 4 rings (SSSR count). The van der Waals surface area contributed by atoms with Crippen LogP contribution >= 0.6 is 35.0 Å². The quantitative estimate of drug-likeness (QED) is 0.446. The Morgan fingerprint density at radius 3 is 2.50 bits per heavy atom. The molecule has 3 heterocycles. The number of aromatic nitrogens is 4. The van der Waals surface area contributed by atoms with Gasteiger partial charge in [-0.3, -0.25) is 9.47 Å². The number of nitrogens with zero attached hydrogens (tertiary/aromatic N) is 4. The number of furan rings is 1. The van der Waals surface area contributed by atoms with Gasteiger partial charge in [0, 0.05) is 12.4 Å². The third kappa shape index (κ3) is 3.80. The zero-order valence-electron chi connectivity index (χ0n) is 14.3. The monoisotopic (exact) mass is 433 g/mol. The Hall–Kier alpha value is -2.68. The van der Waals surface area contributed by atoms with Gasteiger partial charge in [-0.05, 0) is 36.4 Å². The summed E-state index contributed by atoms with van der Waals surface area (Å²) in [6.07, 6.45) is 5.27. The van der Waals surface area contributed by atoms with E-state index in [4.69, 9.17) is 27.6 Å². The average molecular weight is 434 g/mol. The topological polar surface area (TPSA) is 77.9 Å². The molecule has 0 bridgehead atoms. The summed E-state index contributed by atoms with van der Waals surface area (Å²) in [6, 6.07) is 12.4. The molecule has 3 aromatic heterocycles. The van der Waals surface area contributed by atoms with Crippen LogP contribution in [0.15, 0.2) is 70.7 Å². The van der Waals surface area contributed by atoms with Gasteiger partial charge >= 0.3 is 0 Å². The van der Waals surface area contributed by atoms with Gasteiger partial charge in [0.2, 0.25) is 16.9 Å². The number of hydrogen-bond donors (Lipinski definition) is 1. The van der Waals surface area contributed by atoms with E-state index in [0.29, 0.717) is 32.5 Å². The molecular weight excluding hydrogens is 421 g/mol. The number of rotatable bonds is 6. The summed E-state index contributed by atoms with van der Waals surface area (Å²) in [5.41, 5.74) is 0.389. The summed E-state index contributed by atoms with van der Waals surface area (Å²) < 4.78 is 9.02. The van der Waals surface area contributed by atoms with Crippen LogP contribution in [0.4, 0.5) is 5.69 Å². The van der Waals surface area contributed by atoms with E-state index in [1.54, 1.807) is 41.3 Å². The summed E-state index contributed by atoms with van der Waals surface area (Å²) in [6.45, 7) is 0. The maximum Gasteiger partial charge on any atom is 0.234 e. The fourth-order valence-corrected chi connectivity index (χ4v) is 3.73. The lowest BCUT2D eigenvalue weighted by molar-refractivity contribution is -0.113. The van der Waals surface area contributed by atoms with Gasteiger partial charge in [-0.25, -0.2) is 4.68 Å². The van der Waals surface area contributed by atoms with Crippen LogP contribution in [-0.2, 0) is 4.79 Å². The Morgan fingerprint density at radius 1 is 1.07 bits per heavy atom. The normalized spacial score (nSPS) is 10.9. The summed E-state index contributed by atoms with van der Waals surface area (Å²) in [7, 11) is 0. The van der Waals surface area contributed by atoms with Crippen LogP contribution in [0, 0.1) is 0 Å². The van der Waals surface area contributed by atoms with Gasteiger partial charge in [-0.2, -0.15) is 0 Å². The van der Waals surface area contributed by atoms with Crippen LogP contribution in [-0.4, -0.2) is 31.2 Å². The second-order valence-corrected chi connectivity index (χ2v) is 7.35. The molecule has 0 aliphatic heterocycles. The first kappa shape index (κ1) is 18.7. The van der Waals surface area contributed by atoms with Crippen molar-refractivity contribution in [3.63, 3.8) is 0 Å². The van der Waals surface area contributed by atoms with Crippen molar-refractivity contribution in [1.29, 1.82) is 0 Å². The molecule has 7 nitrogen and oxygen atoms in total. The van der Waals surface area contributed by atoms with E-state index >= 15 is 0 Å². The zero-order valence-corrected chi connectivity index (χ0v) is 16.6. The van der Waals surface area contributed by atoms with E-state index in [1.807, 2.05) is 29.2 Å². The van der Waals surface area contributed by atoms with Crippen molar-refractivity contribution in [2.45, 2.75) is 5.16 Å². The molecule has 1 N–H and O–H groups in total. The standard InChI is InChI=1S/C18H13Cl2N5O2S/c19-12-5-3-6-13(20)16(12)21-15(26)11-28-18-23-22-17(14-7-4-10-27-14)25(18)24-8-1-2-9-24/h1-10H,11H2,(H,21,26). The van der Waals surface area contributed by atoms with Crippen LogP contribution in [0.1, 0.15) is 0 Å². The Bertz CT molecular complexity index is 1070. The van der Waals surface area contributed by atoms with Gasteiger partial charge in [-0.1, -0.05) is 41.0 Å². The molecule has 0 atom stereocenters. The highest BCUT2D eigenvalue weighted by molar-refractivity contribution is 7.99. The molecule has 0 saturated carbocycles. The van der Waals surface area contributed by atoms with Gasteiger partial charge < -0.3 is 9.73 Å². The third-order valence-corrected chi connectivity index (χ3v) is 5.28. The van der Waals surface area contributed by atoms with Crippen LogP contribution in [0.5, 0.6) is 0 Å². The summed E-state index contributed by atoms with van der Waals surface area (Å²) in [4.78, 5) is 12.4. The fourth-order valence-electron chi connectivity index (χ4n) is 2.50. The highest BCUT2D eigenvalue weighted by Crippen LogP contribution is 2.30. The first-order valence-corrected chi connectivity index (χ1v) is 9.87. The van der Waals surface area contributed by atoms with Crippen molar-refractivity contribution < 1.29 is 9.21 Å². The summed E-state index contributed by atoms with van der Waals surface area (Å²) in [5.74, 6) is 0.930. The number of carbonyl (C=O) groups excluding carboxylic acids is 1. The van der Waals surface area contributed by atoms with E-state index in [-0.39, 0.29) is 11.7 Å². The molecule has 142 valence electrons. The van der Waals surface area contributed by atoms with Crippen molar-refractivity contribution in [2.75, 3.05) is 11.1 Å². The third-order valence-electron chi connectivity index (χ3n) is 3.73. The minimum Gasteiger partial charge on any atom is -0.461 e. The van der Waals surface area contributed by atoms with Gasteiger partial charge in [0.05, 0.1) is 27.7 Å². The Morgan fingerprint density at radius 2 is 1.82 bits per heavy atom. The van der Waals surface area contributed by atoms with Gasteiger partial charge in [0.15, 0.2) is 5.76 Å². The lowest BCUT2D eigenvalue weighted by Crippen LogP contribution is -2.16. The second-order valence-electron chi connectivity index (χ2n) is 5.59. The molecule has 1 aromatic carbocycles. The zero-order chi connectivity index (χ0) is 19.5. The molecule has 0 aliphatic rings. The molecule has 0 unspecified atom stereocenters. The number of hydrogen-bond acceptors (Lipinski definition) is 5. The van der Waals surface area contributed by atoms with Crippen molar-refractivity contribution in [3.05, 3.63) is 71.2 Å². The lowest BCUT2D eigenvalue weighted by atomic mass is 10.3. The number of para-hydroxylation sites is 1. The number of carbonyl (C=O) groups is 1. The second kappa shape index (κ2) is 8.14. The number of halogens is 2. The van der Waals surface area contributed by atoms with Crippen LogP contribution in [0.3, 0.4) is 0 Å². The summed E-state index contributed by atoms with van der Waals surface area (Å²) in [5, 5.41) is 12.4. The number of nitrogens with one attached hydrogen (secondary N) is 1. The molecule has 0 saturated heterocycles. The smallest absolute Gasteiger partial charge is 0.234 e. The molecule has 0 aliphatic carbocycles. The minimum absolute atomic E-state index is 0.0963. The highest BCUT2D eigenvalue weighted by Gasteiger charge is 2.19. The number of amides is 1. The first-order chi connectivity index (χ1) is 13.6. The Labute approximate surface area is 174 Å². The maximum absolute atomic E-state index is 12.4. The minimum atomic E-state index is -0.262. The van der Waals surface area contributed by atoms with Crippen molar-refractivity contribution in [3.8, 4) is 11.6 Å². The molecule has 0 radical (unpaired) electrons. The lowest BCUT2D eigenvalue weighted by Gasteiger charge is -2.11. The van der Waals surface area contributed by atoms with Crippen LogP contribution in [0.2, 0.25) is 10.0 Å². The molecule has 0 fully saturated rings. The number of anilines is 1. The van der Waals surface area contributed by atoms with Crippen molar-refractivity contribution in [2.24, 2.45) is 0 Å². The SMILES string of the molecule is O=C(CSc1nnc(-c2ccco2)n1-n1cccc1)Nc1c(Cl)cccc1Cl. The molecule has 0 spiro atoms. The van der Waals surface area contributed by atoms with E-state index < -0.39 is 0 Å². The van der Waals surface area contributed by atoms with Crippen LogP contribution < -0.4 is 5.32 Å². The fraction of sp³-hybridized carbons (Fsp3) is 0.0556. The highest BCUT2D eigenvalue weighted by atomic mass is 35.5. The largest absolute Gasteiger partial charge is 0.461 e. The van der Waals surface area contributed by atoms with Gasteiger partial charge in [-0.15, -0.1) is 10.2 Å². The van der Waals surface area contributed by atoms with Crippen molar-refractivity contribution >= 4 is 46.6 Å². The van der Waals surface area contributed by atoms with E-state index in [0.717, 1.165) is 0 Å². The Balaban J connectivity index is 1.55. The summed E-state index contributed by atoms with van der Waals surface area (Å²) >= 11 is 13.4. The van der Waals surface area contributed by atoms with Crippen molar-refractivity contribution in [1.82, 2.24) is 19.5 Å². The van der Waals surface area contributed by atoms with E-state index in [2.05, 4.69) is 15.5 Å². The van der Waals surface area contributed by atoms with Gasteiger partial charge in [0.1, 0.15) is 0 Å². The Kier molecular flexibility index (Phi) is 5.43. The number of benzene rings is 1.